The summed E-state index contributed by atoms with van der Waals surface area (Å²) in [5, 5.41) is 3.12. The summed E-state index contributed by atoms with van der Waals surface area (Å²) in [6.45, 7) is 4.47. The Hall–Kier alpha value is -1.20. The van der Waals surface area contributed by atoms with Crippen molar-refractivity contribution in [3.63, 3.8) is 0 Å². The van der Waals surface area contributed by atoms with E-state index in [1.54, 1.807) is 0 Å². The van der Waals surface area contributed by atoms with Crippen molar-refractivity contribution in [1.82, 2.24) is 5.32 Å². The molecule has 2 rings (SSSR count). The topological polar surface area (TPSA) is 30.5 Å². The summed E-state index contributed by atoms with van der Waals surface area (Å²) in [5.41, 5.74) is 0.591. The molecule has 0 unspecified atom stereocenters. The molecule has 0 radical (unpaired) electrons. The monoisotopic (exact) mass is 285 g/mol. The van der Waals surface area contributed by atoms with E-state index in [4.69, 9.17) is 9.47 Å². The first-order chi connectivity index (χ1) is 9.70. The van der Waals surface area contributed by atoms with Gasteiger partial charge < -0.3 is 14.8 Å². The van der Waals surface area contributed by atoms with Gasteiger partial charge in [-0.15, -0.1) is 0 Å². The fraction of sp³-hybridized carbons (Fsp3) is 0.600. The zero-order valence-corrected chi connectivity index (χ0v) is 11.8. The lowest BCUT2D eigenvalue weighted by Gasteiger charge is -2.23. The molecule has 3 nitrogen and oxygen atoms in total. The van der Waals surface area contributed by atoms with Gasteiger partial charge in [0.05, 0.1) is 13.2 Å². The molecule has 0 bridgehead atoms. The van der Waals surface area contributed by atoms with E-state index in [0.717, 1.165) is 13.0 Å². The number of halogens is 2. The number of benzene rings is 1. The minimum Gasteiger partial charge on any atom is -0.484 e. The zero-order valence-electron chi connectivity index (χ0n) is 11.8. The third-order valence-electron chi connectivity index (χ3n) is 3.27. The molecule has 0 amide bonds. The van der Waals surface area contributed by atoms with Gasteiger partial charge in [-0.1, -0.05) is 6.92 Å². The molecule has 1 fully saturated rings. The highest BCUT2D eigenvalue weighted by Gasteiger charge is 2.20. The van der Waals surface area contributed by atoms with Gasteiger partial charge in [0.1, 0.15) is 6.10 Å². The van der Waals surface area contributed by atoms with Gasteiger partial charge in [-0.05, 0) is 30.7 Å². The predicted octanol–water partition coefficient (Wildman–Crippen LogP) is 3.02. The van der Waals surface area contributed by atoms with Crippen LogP contribution in [0.15, 0.2) is 12.1 Å². The summed E-state index contributed by atoms with van der Waals surface area (Å²) in [6, 6.07) is 2.67. The van der Waals surface area contributed by atoms with Crippen LogP contribution in [0.4, 0.5) is 8.78 Å². The summed E-state index contributed by atoms with van der Waals surface area (Å²) in [7, 11) is 0. The molecule has 1 aromatic carbocycles. The lowest BCUT2D eigenvalue weighted by molar-refractivity contribution is 0.0223. The van der Waals surface area contributed by atoms with Crippen molar-refractivity contribution in [3.05, 3.63) is 29.3 Å². The minimum absolute atomic E-state index is 0.170. The third-order valence-corrected chi connectivity index (χ3v) is 3.27. The number of hydrogen-bond acceptors (Lipinski definition) is 3. The highest BCUT2D eigenvalue weighted by atomic mass is 19.1. The van der Waals surface area contributed by atoms with Gasteiger partial charge in [-0.3, -0.25) is 0 Å². The highest BCUT2D eigenvalue weighted by molar-refractivity contribution is 5.31. The van der Waals surface area contributed by atoms with Gasteiger partial charge >= 0.3 is 0 Å². The fourth-order valence-electron chi connectivity index (χ4n) is 2.20. The molecule has 0 atom stereocenters. The lowest BCUT2D eigenvalue weighted by Crippen LogP contribution is -2.26. The van der Waals surface area contributed by atoms with Crippen LogP contribution in [-0.4, -0.2) is 25.9 Å². The molecule has 1 aromatic rings. The third kappa shape index (κ3) is 4.15. The Bertz CT molecular complexity index is 411. The average Bonchev–Trinajstić information content (AvgIpc) is 2.44. The normalized spacial score (nSPS) is 16.4. The molecule has 1 saturated heterocycles. The highest BCUT2D eigenvalue weighted by Crippen LogP contribution is 2.26. The quantitative estimate of drug-likeness (QED) is 0.815. The van der Waals surface area contributed by atoms with E-state index >= 15 is 0 Å². The van der Waals surface area contributed by atoms with E-state index in [9.17, 15) is 8.78 Å². The van der Waals surface area contributed by atoms with Crippen LogP contribution < -0.4 is 10.1 Å². The van der Waals surface area contributed by atoms with Crippen LogP contribution in [-0.2, 0) is 11.3 Å². The van der Waals surface area contributed by atoms with Gasteiger partial charge in [0, 0.05) is 19.4 Å². The number of nitrogens with one attached hydrogen (secondary N) is 1. The van der Waals surface area contributed by atoms with Crippen LogP contribution in [0, 0.1) is 11.6 Å². The Morgan fingerprint density at radius 1 is 1.25 bits per heavy atom. The summed E-state index contributed by atoms with van der Waals surface area (Å²) >= 11 is 0. The van der Waals surface area contributed by atoms with Crippen molar-refractivity contribution in [2.24, 2.45) is 0 Å². The minimum atomic E-state index is -0.634. The van der Waals surface area contributed by atoms with Crippen molar-refractivity contribution >= 4 is 0 Å². The summed E-state index contributed by atoms with van der Waals surface area (Å²) in [6.07, 6.45) is 2.14. The smallest absolute Gasteiger partial charge is 0.191 e. The average molecular weight is 285 g/mol. The largest absolute Gasteiger partial charge is 0.484 e. The number of ether oxygens (including phenoxy) is 2. The molecule has 112 valence electrons. The molecule has 1 N–H and O–H groups in total. The summed E-state index contributed by atoms with van der Waals surface area (Å²) in [4.78, 5) is 0. The molecule has 0 spiro atoms. The van der Waals surface area contributed by atoms with E-state index in [-0.39, 0.29) is 11.9 Å². The van der Waals surface area contributed by atoms with Crippen molar-refractivity contribution in [3.8, 4) is 5.75 Å². The molecular formula is C15H21F2NO2. The van der Waals surface area contributed by atoms with Crippen molar-refractivity contribution < 1.29 is 18.3 Å². The predicted molar refractivity (Wildman–Crippen MR) is 72.8 cm³/mol. The van der Waals surface area contributed by atoms with E-state index in [1.165, 1.54) is 12.1 Å². The Morgan fingerprint density at radius 3 is 2.50 bits per heavy atom. The maximum Gasteiger partial charge on any atom is 0.191 e. The maximum absolute atomic E-state index is 14.0. The number of rotatable bonds is 6. The van der Waals surface area contributed by atoms with Crippen molar-refractivity contribution in [1.29, 1.82) is 0 Å². The van der Waals surface area contributed by atoms with Crippen LogP contribution in [0.3, 0.4) is 0 Å². The van der Waals surface area contributed by atoms with Crippen LogP contribution >= 0.6 is 0 Å². The SMILES string of the molecule is CCCNCc1cc(F)c(OC2CCOCC2)c(F)c1. The Labute approximate surface area is 118 Å². The van der Waals surface area contributed by atoms with Gasteiger partial charge in [0.2, 0.25) is 0 Å². The van der Waals surface area contributed by atoms with E-state index in [0.29, 0.717) is 38.2 Å². The van der Waals surface area contributed by atoms with E-state index < -0.39 is 11.6 Å². The van der Waals surface area contributed by atoms with E-state index in [2.05, 4.69) is 5.32 Å². The molecule has 0 aromatic heterocycles. The van der Waals surface area contributed by atoms with Crippen molar-refractivity contribution in [2.45, 2.75) is 38.8 Å². The van der Waals surface area contributed by atoms with Gasteiger partial charge in [0.15, 0.2) is 17.4 Å². The molecule has 1 aliphatic rings. The summed E-state index contributed by atoms with van der Waals surface area (Å²) < 4.78 is 38.5. The summed E-state index contributed by atoms with van der Waals surface area (Å²) in [5.74, 6) is -1.54. The van der Waals surface area contributed by atoms with Crippen LogP contribution in [0.1, 0.15) is 31.7 Å². The zero-order chi connectivity index (χ0) is 14.4. The van der Waals surface area contributed by atoms with E-state index in [1.807, 2.05) is 6.92 Å². The molecule has 1 heterocycles. The molecule has 1 aliphatic heterocycles. The molecule has 0 aliphatic carbocycles. The first-order valence-electron chi connectivity index (χ1n) is 7.13. The Balaban J connectivity index is 2.01. The first kappa shape index (κ1) is 15.2. The molecule has 0 saturated carbocycles. The van der Waals surface area contributed by atoms with Gasteiger partial charge in [-0.25, -0.2) is 8.78 Å². The fourth-order valence-corrected chi connectivity index (χ4v) is 2.20. The van der Waals surface area contributed by atoms with Gasteiger partial charge in [0.25, 0.3) is 0 Å². The second-order valence-corrected chi connectivity index (χ2v) is 4.99. The Kier molecular flexibility index (Phi) is 5.73. The van der Waals surface area contributed by atoms with Crippen LogP contribution in [0.25, 0.3) is 0 Å². The second-order valence-electron chi connectivity index (χ2n) is 4.99. The lowest BCUT2D eigenvalue weighted by atomic mass is 10.1. The first-order valence-corrected chi connectivity index (χ1v) is 7.13. The van der Waals surface area contributed by atoms with Crippen molar-refractivity contribution in [2.75, 3.05) is 19.8 Å². The molecule has 20 heavy (non-hydrogen) atoms. The van der Waals surface area contributed by atoms with Crippen LogP contribution in [0.5, 0.6) is 5.75 Å². The Morgan fingerprint density at radius 2 is 1.90 bits per heavy atom. The molecular weight excluding hydrogens is 264 g/mol. The molecule has 5 heteroatoms. The second kappa shape index (κ2) is 7.55. The standard InChI is InChI=1S/C15H21F2NO2/c1-2-5-18-10-11-8-13(16)15(14(17)9-11)20-12-3-6-19-7-4-12/h8-9,12,18H,2-7,10H2,1H3. The number of hydrogen-bond donors (Lipinski definition) is 1. The van der Waals surface area contributed by atoms with Gasteiger partial charge in [-0.2, -0.15) is 0 Å². The maximum atomic E-state index is 14.0. The van der Waals surface area contributed by atoms with Crippen LogP contribution in [0.2, 0.25) is 0 Å².